The summed E-state index contributed by atoms with van der Waals surface area (Å²) < 4.78 is 5.32. The van der Waals surface area contributed by atoms with E-state index < -0.39 is 17.9 Å². The van der Waals surface area contributed by atoms with Crippen molar-refractivity contribution in [1.29, 1.82) is 0 Å². The number of carbonyl (C=O) groups is 3. The highest BCUT2D eigenvalue weighted by atomic mass is 16.5. The lowest BCUT2D eigenvalue weighted by Crippen LogP contribution is -2.49. The number of benzene rings is 2. The average Bonchev–Trinajstić information content (AvgIpc) is 3.27. The molecule has 2 unspecified atom stereocenters. The molecule has 0 radical (unpaired) electrons. The van der Waals surface area contributed by atoms with Gasteiger partial charge < -0.3 is 9.64 Å². The third-order valence-electron chi connectivity index (χ3n) is 7.03. The summed E-state index contributed by atoms with van der Waals surface area (Å²) in [6.45, 7) is 7.88. The van der Waals surface area contributed by atoms with Crippen LogP contribution in [0.5, 0.6) is 5.75 Å². The summed E-state index contributed by atoms with van der Waals surface area (Å²) in [5.41, 5.74) is 4.53. The summed E-state index contributed by atoms with van der Waals surface area (Å²) >= 11 is 0. The molecule has 33 heavy (non-hydrogen) atoms. The van der Waals surface area contributed by atoms with E-state index in [-0.39, 0.29) is 30.2 Å². The molecule has 3 aliphatic rings. The van der Waals surface area contributed by atoms with Crippen molar-refractivity contribution in [1.82, 2.24) is 4.90 Å². The van der Waals surface area contributed by atoms with Crippen LogP contribution in [-0.4, -0.2) is 48.2 Å². The van der Waals surface area contributed by atoms with Gasteiger partial charge in [0.15, 0.2) is 5.78 Å². The van der Waals surface area contributed by atoms with Crippen molar-refractivity contribution in [2.75, 3.05) is 18.6 Å². The summed E-state index contributed by atoms with van der Waals surface area (Å²) in [6.07, 6.45) is 3.59. The standard InChI is InChI=1S/C27H26N2O4/c1-5-11-28-26(31)22-21-13-16(3)19-12-15(2)9-10-20(19)29(21)24(23(22)27(28)32)25(30)17-7-6-8-18(14-17)33-4/h5-10,12-14,21-24H,1,11H2,2-4H3/t21?,22-,23-,24?/m0/s1. The number of anilines is 1. The molecule has 2 amide bonds. The highest BCUT2D eigenvalue weighted by molar-refractivity contribution is 6.14. The molecule has 0 saturated carbocycles. The molecule has 0 spiro atoms. The van der Waals surface area contributed by atoms with Crippen LogP contribution in [0.15, 0.2) is 61.2 Å². The minimum Gasteiger partial charge on any atom is -0.497 e. The molecule has 2 saturated heterocycles. The van der Waals surface area contributed by atoms with Gasteiger partial charge in [-0.05, 0) is 43.7 Å². The van der Waals surface area contributed by atoms with Crippen LogP contribution in [0.3, 0.4) is 0 Å². The van der Waals surface area contributed by atoms with Gasteiger partial charge in [-0.15, -0.1) is 6.58 Å². The molecule has 168 valence electrons. The number of hydrogen-bond acceptors (Lipinski definition) is 5. The predicted octanol–water partition coefficient (Wildman–Crippen LogP) is 3.65. The van der Waals surface area contributed by atoms with E-state index in [1.807, 2.05) is 37.0 Å². The van der Waals surface area contributed by atoms with Gasteiger partial charge in [0, 0.05) is 23.4 Å². The van der Waals surface area contributed by atoms with Crippen molar-refractivity contribution < 1.29 is 19.1 Å². The molecule has 0 bridgehead atoms. The Kier molecular flexibility index (Phi) is 4.96. The molecule has 5 rings (SSSR count). The molecule has 6 heteroatoms. The number of ether oxygens (including phenoxy) is 1. The Morgan fingerprint density at radius 3 is 2.58 bits per heavy atom. The molecular formula is C27H26N2O4. The Morgan fingerprint density at radius 1 is 1.09 bits per heavy atom. The van der Waals surface area contributed by atoms with Crippen LogP contribution in [0.4, 0.5) is 5.69 Å². The Hall–Kier alpha value is -3.67. The summed E-state index contributed by atoms with van der Waals surface area (Å²) in [5.74, 6) is -1.52. The van der Waals surface area contributed by atoms with Gasteiger partial charge in [0.05, 0.1) is 25.0 Å². The summed E-state index contributed by atoms with van der Waals surface area (Å²) in [5, 5.41) is 0. The molecule has 0 aliphatic carbocycles. The molecule has 3 aliphatic heterocycles. The number of nitrogens with zero attached hydrogens (tertiary/aromatic N) is 2. The summed E-state index contributed by atoms with van der Waals surface area (Å²) in [6, 6.07) is 11.9. The molecule has 2 aromatic carbocycles. The van der Waals surface area contributed by atoms with Crippen molar-refractivity contribution in [3.8, 4) is 5.75 Å². The fraction of sp³-hybridized carbons (Fsp3) is 0.296. The van der Waals surface area contributed by atoms with Crippen LogP contribution < -0.4 is 9.64 Å². The quantitative estimate of drug-likeness (QED) is 0.402. The third kappa shape index (κ3) is 3.04. The van der Waals surface area contributed by atoms with Gasteiger partial charge in [0.2, 0.25) is 11.8 Å². The van der Waals surface area contributed by atoms with Gasteiger partial charge in [-0.3, -0.25) is 19.3 Å². The first-order valence-electron chi connectivity index (χ1n) is 11.1. The predicted molar refractivity (Wildman–Crippen MR) is 126 cm³/mol. The summed E-state index contributed by atoms with van der Waals surface area (Å²) in [7, 11) is 1.55. The molecule has 0 aromatic heterocycles. The third-order valence-corrected chi connectivity index (χ3v) is 7.03. The number of imide groups is 1. The van der Waals surface area contributed by atoms with Gasteiger partial charge in [0.25, 0.3) is 0 Å². The van der Waals surface area contributed by atoms with Crippen molar-refractivity contribution in [3.05, 3.63) is 77.9 Å². The molecule has 0 N–H and O–H groups in total. The van der Waals surface area contributed by atoms with Gasteiger partial charge in [0.1, 0.15) is 11.8 Å². The number of rotatable bonds is 5. The number of ketones is 1. The maximum absolute atomic E-state index is 14.0. The lowest BCUT2D eigenvalue weighted by Gasteiger charge is -2.38. The fourth-order valence-corrected chi connectivity index (χ4v) is 5.57. The van der Waals surface area contributed by atoms with E-state index >= 15 is 0 Å². The van der Waals surface area contributed by atoms with E-state index in [0.717, 1.165) is 22.4 Å². The average molecular weight is 443 g/mol. The lowest BCUT2D eigenvalue weighted by molar-refractivity contribution is -0.139. The van der Waals surface area contributed by atoms with Gasteiger partial charge >= 0.3 is 0 Å². The van der Waals surface area contributed by atoms with Crippen molar-refractivity contribution >= 4 is 28.9 Å². The number of Topliss-reactive ketones (excluding diaryl/α,β-unsaturated/α-hetero) is 1. The smallest absolute Gasteiger partial charge is 0.236 e. The van der Waals surface area contributed by atoms with Crippen LogP contribution in [-0.2, 0) is 9.59 Å². The lowest BCUT2D eigenvalue weighted by atomic mass is 9.85. The first kappa shape index (κ1) is 21.2. The number of aryl methyl sites for hydroxylation is 1. The Bertz CT molecular complexity index is 1230. The number of likely N-dealkylation sites (tertiary alicyclic amines) is 1. The molecule has 2 aromatic rings. The van der Waals surface area contributed by atoms with Crippen LogP contribution >= 0.6 is 0 Å². The second-order valence-electron chi connectivity index (χ2n) is 8.94. The largest absolute Gasteiger partial charge is 0.497 e. The van der Waals surface area contributed by atoms with Gasteiger partial charge in [-0.25, -0.2) is 0 Å². The van der Waals surface area contributed by atoms with Gasteiger partial charge in [-0.1, -0.05) is 35.9 Å². The SMILES string of the molecule is C=CCN1C(=O)[C@@H]2C(C(=O)c3cccc(OC)c3)N3c4ccc(C)cc4C(C)=CC3[C@@H]2C1=O. The summed E-state index contributed by atoms with van der Waals surface area (Å²) in [4.78, 5) is 44.1. The topological polar surface area (TPSA) is 66.9 Å². The van der Waals surface area contributed by atoms with Crippen LogP contribution in [0.2, 0.25) is 0 Å². The van der Waals surface area contributed by atoms with E-state index in [2.05, 4.69) is 12.6 Å². The molecule has 6 nitrogen and oxygen atoms in total. The van der Waals surface area contributed by atoms with Crippen LogP contribution in [0.25, 0.3) is 5.57 Å². The zero-order valence-corrected chi connectivity index (χ0v) is 18.9. The van der Waals surface area contributed by atoms with Crippen molar-refractivity contribution in [2.45, 2.75) is 25.9 Å². The number of allylic oxidation sites excluding steroid dienone is 1. The highest BCUT2D eigenvalue weighted by Gasteiger charge is 2.64. The molecule has 4 atom stereocenters. The first-order chi connectivity index (χ1) is 15.9. The van der Waals surface area contributed by atoms with E-state index in [4.69, 9.17) is 4.74 Å². The second-order valence-corrected chi connectivity index (χ2v) is 8.94. The number of methoxy groups -OCH3 is 1. The Labute approximate surface area is 193 Å². The number of hydrogen-bond donors (Lipinski definition) is 0. The first-order valence-corrected chi connectivity index (χ1v) is 11.1. The van der Waals surface area contributed by atoms with Crippen molar-refractivity contribution in [2.24, 2.45) is 11.8 Å². The maximum atomic E-state index is 14.0. The maximum Gasteiger partial charge on any atom is 0.236 e. The van der Waals surface area contributed by atoms with Gasteiger partial charge in [-0.2, -0.15) is 0 Å². The fourth-order valence-electron chi connectivity index (χ4n) is 5.57. The van der Waals surface area contributed by atoms with E-state index in [0.29, 0.717) is 11.3 Å². The number of carbonyl (C=O) groups excluding carboxylic acids is 3. The number of amides is 2. The Morgan fingerprint density at radius 2 is 1.85 bits per heavy atom. The highest BCUT2D eigenvalue weighted by Crippen LogP contribution is 2.50. The monoisotopic (exact) mass is 442 g/mol. The van der Waals surface area contributed by atoms with E-state index in [9.17, 15) is 14.4 Å². The van der Waals surface area contributed by atoms with Crippen molar-refractivity contribution in [3.63, 3.8) is 0 Å². The number of fused-ring (bicyclic) bond motifs is 5. The second kappa shape index (κ2) is 7.73. The Balaban J connectivity index is 1.69. The minimum atomic E-state index is -0.788. The zero-order chi connectivity index (χ0) is 23.4. The minimum absolute atomic E-state index is 0.149. The normalized spacial score (nSPS) is 25.4. The molecular weight excluding hydrogens is 416 g/mol. The van der Waals surface area contributed by atoms with Crippen LogP contribution in [0.1, 0.15) is 28.4 Å². The molecule has 2 fully saturated rings. The molecule has 3 heterocycles. The van der Waals surface area contributed by atoms with Crippen LogP contribution in [0, 0.1) is 18.8 Å². The van der Waals surface area contributed by atoms with E-state index in [1.165, 1.54) is 4.90 Å². The van der Waals surface area contributed by atoms with E-state index in [1.54, 1.807) is 37.5 Å². The zero-order valence-electron chi connectivity index (χ0n) is 18.9.